The van der Waals surface area contributed by atoms with Gasteiger partial charge in [-0.2, -0.15) is 0 Å². The Labute approximate surface area is 102 Å². The van der Waals surface area contributed by atoms with Crippen LogP contribution in [0.2, 0.25) is 0 Å². The lowest BCUT2D eigenvalue weighted by atomic mass is 10.1. The van der Waals surface area contributed by atoms with E-state index in [4.69, 9.17) is 0 Å². The normalized spacial score (nSPS) is 13.7. The number of thiophene rings is 1. The highest BCUT2D eigenvalue weighted by atomic mass is 79.9. The van der Waals surface area contributed by atoms with Gasteiger partial charge in [0.2, 0.25) is 0 Å². The fourth-order valence-corrected chi connectivity index (χ4v) is 3.74. The molecule has 0 saturated carbocycles. The maximum absolute atomic E-state index is 10.1. The Kier molecular flexibility index (Phi) is 3.14. The summed E-state index contributed by atoms with van der Waals surface area (Å²) in [6, 6.07) is 8.20. The van der Waals surface area contributed by atoms with Crippen LogP contribution in [0.5, 0.6) is 0 Å². The van der Waals surface area contributed by atoms with Gasteiger partial charge in [-0.1, -0.05) is 32.0 Å². The smallest absolute Gasteiger partial charge is 0.0916 e. The second-order valence-electron chi connectivity index (χ2n) is 3.97. The van der Waals surface area contributed by atoms with E-state index in [9.17, 15) is 5.11 Å². The summed E-state index contributed by atoms with van der Waals surface area (Å²) in [5, 5.41) is 11.3. The lowest BCUT2D eigenvalue weighted by molar-refractivity contribution is 0.130. The van der Waals surface area contributed by atoms with Gasteiger partial charge in [-0.05, 0) is 27.9 Å². The quantitative estimate of drug-likeness (QED) is 0.869. The molecule has 2 aromatic rings. The predicted molar refractivity (Wildman–Crippen MR) is 69.3 cm³/mol. The minimum Gasteiger partial charge on any atom is -0.387 e. The molecule has 0 fully saturated rings. The van der Waals surface area contributed by atoms with Crippen LogP contribution in [0.3, 0.4) is 0 Å². The molecule has 0 bridgehead atoms. The molecule has 1 aromatic heterocycles. The standard InChI is InChI=1S/C12H13BrOS/c1-7(2)11(14)12-10(13)8-5-3-4-6-9(8)15-12/h3-7,11,14H,1-2H3. The summed E-state index contributed by atoms with van der Waals surface area (Å²) >= 11 is 5.23. The molecule has 1 nitrogen and oxygen atoms in total. The van der Waals surface area contributed by atoms with Gasteiger partial charge in [0.15, 0.2) is 0 Å². The van der Waals surface area contributed by atoms with E-state index < -0.39 is 0 Å². The first kappa shape index (κ1) is 11.1. The van der Waals surface area contributed by atoms with Gasteiger partial charge in [0.1, 0.15) is 0 Å². The van der Waals surface area contributed by atoms with Gasteiger partial charge >= 0.3 is 0 Å². The number of aliphatic hydroxyl groups is 1. The summed E-state index contributed by atoms with van der Waals surface area (Å²) in [5.41, 5.74) is 0. The fraction of sp³-hybridized carbons (Fsp3) is 0.333. The van der Waals surface area contributed by atoms with Crippen LogP contribution in [-0.4, -0.2) is 5.11 Å². The first-order valence-corrected chi connectivity index (χ1v) is 6.57. The maximum Gasteiger partial charge on any atom is 0.0916 e. The molecule has 1 unspecified atom stereocenters. The Morgan fingerprint density at radius 3 is 2.53 bits per heavy atom. The summed E-state index contributed by atoms with van der Waals surface area (Å²) < 4.78 is 2.27. The highest BCUT2D eigenvalue weighted by Crippen LogP contribution is 2.40. The lowest BCUT2D eigenvalue weighted by Crippen LogP contribution is -2.03. The number of fused-ring (bicyclic) bond motifs is 1. The zero-order valence-electron chi connectivity index (χ0n) is 8.70. The lowest BCUT2D eigenvalue weighted by Gasteiger charge is -2.12. The number of aliphatic hydroxyl groups excluding tert-OH is 1. The van der Waals surface area contributed by atoms with Gasteiger partial charge < -0.3 is 5.11 Å². The van der Waals surface area contributed by atoms with Crippen LogP contribution in [0.4, 0.5) is 0 Å². The maximum atomic E-state index is 10.1. The van der Waals surface area contributed by atoms with Crippen molar-refractivity contribution < 1.29 is 5.11 Å². The zero-order valence-corrected chi connectivity index (χ0v) is 11.1. The molecule has 0 aliphatic carbocycles. The van der Waals surface area contributed by atoms with Crippen molar-refractivity contribution in [1.29, 1.82) is 0 Å². The molecule has 0 amide bonds. The van der Waals surface area contributed by atoms with Gasteiger partial charge in [0, 0.05) is 19.4 Å². The molecule has 1 atom stereocenters. The van der Waals surface area contributed by atoms with Crippen molar-refractivity contribution in [3.05, 3.63) is 33.6 Å². The first-order valence-electron chi connectivity index (χ1n) is 4.96. The van der Waals surface area contributed by atoms with Crippen molar-refractivity contribution in [1.82, 2.24) is 0 Å². The molecule has 80 valence electrons. The Bertz CT molecular complexity index is 475. The number of halogens is 1. The van der Waals surface area contributed by atoms with Crippen molar-refractivity contribution in [2.45, 2.75) is 20.0 Å². The Morgan fingerprint density at radius 2 is 1.93 bits per heavy atom. The minimum atomic E-state index is -0.378. The van der Waals surface area contributed by atoms with E-state index in [-0.39, 0.29) is 12.0 Å². The second kappa shape index (κ2) is 4.24. The third-order valence-corrected chi connectivity index (χ3v) is 4.82. The third-order valence-electron chi connectivity index (χ3n) is 2.46. The van der Waals surface area contributed by atoms with Crippen molar-refractivity contribution in [3.8, 4) is 0 Å². The van der Waals surface area contributed by atoms with Crippen LogP contribution < -0.4 is 0 Å². The molecule has 1 N–H and O–H groups in total. The van der Waals surface area contributed by atoms with Crippen LogP contribution in [0.15, 0.2) is 28.7 Å². The largest absolute Gasteiger partial charge is 0.387 e. The SMILES string of the molecule is CC(C)C(O)c1sc2ccccc2c1Br. The fourth-order valence-electron chi connectivity index (χ4n) is 1.53. The molecular weight excluding hydrogens is 272 g/mol. The number of hydrogen-bond donors (Lipinski definition) is 1. The first-order chi connectivity index (χ1) is 7.11. The summed E-state index contributed by atoms with van der Waals surface area (Å²) in [4.78, 5) is 1.03. The van der Waals surface area contributed by atoms with Gasteiger partial charge in [-0.15, -0.1) is 11.3 Å². The van der Waals surface area contributed by atoms with Gasteiger partial charge in [-0.25, -0.2) is 0 Å². The number of rotatable bonds is 2. The average molecular weight is 285 g/mol. The minimum absolute atomic E-state index is 0.245. The third kappa shape index (κ3) is 1.96. The molecule has 1 heterocycles. The molecular formula is C12H13BrOS. The molecule has 0 aliphatic heterocycles. The highest BCUT2D eigenvalue weighted by molar-refractivity contribution is 9.10. The summed E-state index contributed by atoms with van der Waals surface area (Å²) in [6.07, 6.45) is -0.378. The molecule has 0 aliphatic rings. The van der Waals surface area contributed by atoms with E-state index >= 15 is 0 Å². The van der Waals surface area contributed by atoms with E-state index in [0.29, 0.717) is 0 Å². The highest BCUT2D eigenvalue weighted by Gasteiger charge is 2.19. The second-order valence-corrected chi connectivity index (χ2v) is 5.84. The molecule has 0 spiro atoms. The van der Waals surface area contributed by atoms with Crippen LogP contribution >= 0.6 is 27.3 Å². The Balaban J connectivity index is 2.58. The van der Waals surface area contributed by atoms with Crippen molar-refractivity contribution in [2.24, 2.45) is 5.92 Å². The van der Waals surface area contributed by atoms with E-state index in [1.54, 1.807) is 11.3 Å². The van der Waals surface area contributed by atoms with Crippen molar-refractivity contribution in [2.75, 3.05) is 0 Å². The molecule has 0 radical (unpaired) electrons. The topological polar surface area (TPSA) is 20.2 Å². The summed E-state index contributed by atoms with van der Waals surface area (Å²) in [6.45, 7) is 4.06. The molecule has 1 aromatic carbocycles. The van der Waals surface area contributed by atoms with Crippen LogP contribution in [0.1, 0.15) is 24.8 Å². The van der Waals surface area contributed by atoms with Gasteiger partial charge in [0.25, 0.3) is 0 Å². The van der Waals surface area contributed by atoms with Crippen LogP contribution in [0, 0.1) is 5.92 Å². The van der Waals surface area contributed by atoms with E-state index in [0.717, 1.165) is 9.35 Å². The van der Waals surface area contributed by atoms with Gasteiger partial charge in [0.05, 0.1) is 6.10 Å². The summed E-state index contributed by atoms with van der Waals surface area (Å²) in [7, 11) is 0. The molecule has 2 rings (SSSR count). The van der Waals surface area contributed by atoms with Crippen molar-refractivity contribution in [3.63, 3.8) is 0 Å². The molecule has 0 saturated heterocycles. The van der Waals surface area contributed by atoms with Crippen LogP contribution in [-0.2, 0) is 0 Å². The number of hydrogen-bond acceptors (Lipinski definition) is 2. The summed E-state index contributed by atoms with van der Waals surface area (Å²) in [5.74, 6) is 0.245. The van der Waals surface area contributed by atoms with E-state index in [2.05, 4.69) is 28.1 Å². The molecule has 15 heavy (non-hydrogen) atoms. The number of benzene rings is 1. The average Bonchev–Trinajstić information content (AvgIpc) is 2.56. The van der Waals surface area contributed by atoms with Gasteiger partial charge in [-0.3, -0.25) is 0 Å². The van der Waals surface area contributed by atoms with E-state index in [1.807, 2.05) is 26.0 Å². The predicted octanol–water partition coefficient (Wildman–Crippen LogP) is 4.35. The van der Waals surface area contributed by atoms with Crippen molar-refractivity contribution >= 4 is 37.4 Å². The Hall–Kier alpha value is -0.380. The molecule has 3 heteroatoms. The Morgan fingerprint density at radius 1 is 1.27 bits per heavy atom. The monoisotopic (exact) mass is 284 g/mol. The van der Waals surface area contributed by atoms with Crippen LogP contribution in [0.25, 0.3) is 10.1 Å². The zero-order chi connectivity index (χ0) is 11.0. The van der Waals surface area contributed by atoms with E-state index in [1.165, 1.54) is 10.1 Å².